The maximum absolute atomic E-state index is 11.2. The Bertz CT molecular complexity index is 340. The zero-order valence-corrected chi connectivity index (χ0v) is 9.03. The molecule has 0 saturated heterocycles. The van der Waals surface area contributed by atoms with Crippen molar-refractivity contribution in [3.8, 4) is 5.75 Å². The fourth-order valence-corrected chi connectivity index (χ4v) is 2.10. The third-order valence-electron chi connectivity index (χ3n) is 2.91. The SMILES string of the molecule is CCOc1ccc(C2CCC(=O)C2)cc1. The molecule has 2 nitrogen and oxygen atoms in total. The molecule has 1 fully saturated rings. The average molecular weight is 204 g/mol. The topological polar surface area (TPSA) is 26.3 Å². The van der Waals surface area contributed by atoms with Gasteiger partial charge in [-0.3, -0.25) is 4.79 Å². The molecule has 2 rings (SSSR count). The Morgan fingerprint density at radius 2 is 2.07 bits per heavy atom. The second kappa shape index (κ2) is 4.47. The van der Waals surface area contributed by atoms with Gasteiger partial charge in [0.1, 0.15) is 11.5 Å². The van der Waals surface area contributed by atoms with Gasteiger partial charge >= 0.3 is 0 Å². The summed E-state index contributed by atoms with van der Waals surface area (Å²) in [6.07, 6.45) is 2.47. The molecule has 0 aromatic heterocycles. The molecular formula is C13H16O2. The van der Waals surface area contributed by atoms with Crippen LogP contribution in [0.2, 0.25) is 0 Å². The minimum absolute atomic E-state index is 0.397. The zero-order valence-electron chi connectivity index (χ0n) is 9.03. The van der Waals surface area contributed by atoms with Crippen LogP contribution in [-0.2, 0) is 4.79 Å². The van der Waals surface area contributed by atoms with Crippen LogP contribution in [0, 0.1) is 0 Å². The molecule has 0 heterocycles. The minimum Gasteiger partial charge on any atom is -0.494 e. The van der Waals surface area contributed by atoms with E-state index in [0.717, 1.165) is 18.6 Å². The summed E-state index contributed by atoms with van der Waals surface area (Å²) in [7, 11) is 0. The third-order valence-corrected chi connectivity index (χ3v) is 2.91. The van der Waals surface area contributed by atoms with Gasteiger partial charge in [0.05, 0.1) is 6.61 Å². The number of carbonyl (C=O) groups excluding carboxylic acids is 1. The van der Waals surface area contributed by atoms with Crippen LogP contribution in [0.15, 0.2) is 24.3 Å². The lowest BCUT2D eigenvalue weighted by Gasteiger charge is -2.09. The number of benzene rings is 1. The maximum atomic E-state index is 11.2. The molecule has 80 valence electrons. The number of hydrogen-bond acceptors (Lipinski definition) is 2. The predicted octanol–water partition coefficient (Wildman–Crippen LogP) is 2.92. The van der Waals surface area contributed by atoms with E-state index in [2.05, 4.69) is 12.1 Å². The van der Waals surface area contributed by atoms with E-state index in [4.69, 9.17) is 4.74 Å². The molecule has 1 atom stereocenters. The molecule has 1 aliphatic rings. The fourth-order valence-electron chi connectivity index (χ4n) is 2.10. The molecule has 0 spiro atoms. The van der Waals surface area contributed by atoms with Gasteiger partial charge in [-0.1, -0.05) is 12.1 Å². The second-order valence-corrected chi connectivity index (χ2v) is 3.98. The Morgan fingerprint density at radius 1 is 1.33 bits per heavy atom. The monoisotopic (exact) mass is 204 g/mol. The molecule has 1 aromatic rings. The lowest BCUT2D eigenvalue weighted by atomic mass is 9.98. The van der Waals surface area contributed by atoms with Crippen LogP contribution < -0.4 is 4.74 Å². The molecule has 2 heteroatoms. The molecule has 0 radical (unpaired) electrons. The van der Waals surface area contributed by atoms with Crippen LogP contribution in [-0.4, -0.2) is 12.4 Å². The number of hydrogen-bond donors (Lipinski definition) is 0. The molecule has 0 aliphatic heterocycles. The highest BCUT2D eigenvalue weighted by molar-refractivity contribution is 5.81. The van der Waals surface area contributed by atoms with E-state index < -0.39 is 0 Å². The van der Waals surface area contributed by atoms with Crippen LogP contribution in [0.3, 0.4) is 0 Å². The molecule has 1 unspecified atom stereocenters. The molecule has 1 aliphatic carbocycles. The van der Waals surface area contributed by atoms with Gasteiger partial charge in [-0.15, -0.1) is 0 Å². The molecule has 0 N–H and O–H groups in total. The maximum Gasteiger partial charge on any atom is 0.133 e. The molecule has 0 amide bonds. The van der Waals surface area contributed by atoms with Crippen molar-refractivity contribution in [3.63, 3.8) is 0 Å². The number of ketones is 1. The molecule has 0 bridgehead atoms. The predicted molar refractivity (Wildman–Crippen MR) is 59.2 cm³/mol. The number of carbonyl (C=O) groups is 1. The number of rotatable bonds is 3. The molecule has 15 heavy (non-hydrogen) atoms. The van der Waals surface area contributed by atoms with Gasteiger partial charge < -0.3 is 4.74 Å². The summed E-state index contributed by atoms with van der Waals surface area (Å²) in [6, 6.07) is 8.13. The summed E-state index contributed by atoms with van der Waals surface area (Å²) >= 11 is 0. The largest absolute Gasteiger partial charge is 0.494 e. The van der Waals surface area contributed by atoms with E-state index in [-0.39, 0.29) is 0 Å². The normalized spacial score (nSPS) is 20.6. The third kappa shape index (κ3) is 2.38. The highest BCUT2D eigenvalue weighted by Crippen LogP contribution is 2.32. The first-order chi connectivity index (χ1) is 7.29. The van der Waals surface area contributed by atoms with Gasteiger partial charge in [0, 0.05) is 12.8 Å². The molecule has 1 saturated carbocycles. The van der Waals surface area contributed by atoms with Gasteiger partial charge in [-0.2, -0.15) is 0 Å². The lowest BCUT2D eigenvalue weighted by Crippen LogP contribution is -1.95. The Hall–Kier alpha value is -1.31. The first-order valence-electron chi connectivity index (χ1n) is 5.54. The first kappa shape index (κ1) is 10.2. The van der Waals surface area contributed by atoms with Crippen molar-refractivity contribution in [2.45, 2.75) is 32.1 Å². The van der Waals surface area contributed by atoms with Crippen LogP contribution >= 0.6 is 0 Å². The van der Waals surface area contributed by atoms with Crippen LogP contribution in [0.4, 0.5) is 0 Å². The average Bonchev–Trinajstić information content (AvgIpc) is 2.67. The number of ether oxygens (including phenoxy) is 1. The molecular weight excluding hydrogens is 188 g/mol. The highest BCUT2D eigenvalue weighted by atomic mass is 16.5. The van der Waals surface area contributed by atoms with Gasteiger partial charge in [0.2, 0.25) is 0 Å². The summed E-state index contributed by atoms with van der Waals surface area (Å²) in [5.41, 5.74) is 1.27. The van der Waals surface area contributed by atoms with Gasteiger partial charge in [0.25, 0.3) is 0 Å². The van der Waals surface area contributed by atoms with Gasteiger partial charge in [-0.05, 0) is 37.0 Å². The Labute approximate surface area is 90.3 Å². The van der Waals surface area contributed by atoms with Crippen molar-refractivity contribution in [2.24, 2.45) is 0 Å². The highest BCUT2D eigenvalue weighted by Gasteiger charge is 2.23. The second-order valence-electron chi connectivity index (χ2n) is 3.98. The Balaban J connectivity index is 2.06. The Morgan fingerprint density at radius 3 is 2.60 bits per heavy atom. The van der Waals surface area contributed by atoms with Crippen molar-refractivity contribution in [3.05, 3.63) is 29.8 Å². The van der Waals surface area contributed by atoms with E-state index >= 15 is 0 Å². The van der Waals surface area contributed by atoms with Gasteiger partial charge in [0.15, 0.2) is 0 Å². The summed E-state index contributed by atoms with van der Waals surface area (Å²) in [4.78, 5) is 11.2. The summed E-state index contributed by atoms with van der Waals surface area (Å²) in [5.74, 6) is 1.74. The van der Waals surface area contributed by atoms with Gasteiger partial charge in [-0.25, -0.2) is 0 Å². The van der Waals surface area contributed by atoms with Crippen molar-refractivity contribution in [1.82, 2.24) is 0 Å². The van der Waals surface area contributed by atoms with Crippen molar-refractivity contribution < 1.29 is 9.53 Å². The van der Waals surface area contributed by atoms with E-state index in [1.807, 2.05) is 19.1 Å². The number of Topliss-reactive ketones (excluding diaryl/α,β-unsaturated/α-hetero) is 1. The quantitative estimate of drug-likeness (QED) is 0.756. The van der Waals surface area contributed by atoms with Crippen LogP contribution in [0.5, 0.6) is 5.75 Å². The smallest absolute Gasteiger partial charge is 0.133 e. The van der Waals surface area contributed by atoms with Crippen molar-refractivity contribution in [1.29, 1.82) is 0 Å². The fraction of sp³-hybridized carbons (Fsp3) is 0.462. The Kier molecular flexibility index (Phi) is 3.05. The van der Waals surface area contributed by atoms with Crippen molar-refractivity contribution in [2.75, 3.05) is 6.61 Å². The standard InChI is InChI=1S/C13H16O2/c1-2-15-13-7-4-10(5-8-13)11-3-6-12(14)9-11/h4-5,7-8,11H,2-3,6,9H2,1H3. The minimum atomic E-state index is 0.397. The van der Waals surface area contributed by atoms with E-state index in [1.165, 1.54) is 5.56 Å². The van der Waals surface area contributed by atoms with Crippen LogP contribution in [0.1, 0.15) is 37.7 Å². The summed E-state index contributed by atoms with van der Waals surface area (Å²) < 4.78 is 5.38. The lowest BCUT2D eigenvalue weighted by molar-refractivity contribution is -0.117. The van der Waals surface area contributed by atoms with Crippen LogP contribution in [0.25, 0.3) is 0 Å². The molecule has 1 aromatic carbocycles. The summed E-state index contributed by atoms with van der Waals surface area (Å²) in [5, 5.41) is 0. The first-order valence-corrected chi connectivity index (χ1v) is 5.54. The van der Waals surface area contributed by atoms with E-state index in [0.29, 0.717) is 24.7 Å². The van der Waals surface area contributed by atoms with E-state index in [1.54, 1.807) is 0 Å². The van der Waals surface area contributed by atoms with E-state index in [9.17, 15) is 4.79 Å². The van der Waals surface area contributed by atoms with Crippen molar-refractivity contribution >= 4 is 5.78 Å². The zero-order chi connectivity index (χ0) is 10.7. The summed E-state index contributed by atoms with van der Waals surface area (Å²) in [6.45, 7) is 2.67.